The summed E-state index contributed by atoms with van der Waals surface area (Å²) >= 11 is 0. The summed E-state index contributed by atoms with van der Waals surface area (Å²) in [5.74, 6) is 0. The van der Waals surface area contributed by atoms with Gasteiger partial charge in [-0.1, -0.05) is 0 Å². The van der Waals surface area contributed by atoms with Gasteiger partial charge in [0, 0.05) is 62.5 Å². The Bertz CT molecular complexity index is 118. The van der Waals surface area contributed by atoms with Gasteiger partial charge >= 0.3 is 0 Å². The molecule has 0 heterocycles. The quantitative estimate of drug-likeness (QED) is 0.201. The molecule has 0 fully saturated rings. The first-order chi connectivity index (χ1) is 12.7. The maximum atomic E-state index is 10.1. The van der Waals surface area contributed by atoms with E-state index in [9.17, 15) is 5.11 Å². The molecule has 0 saturated carbocycles. The highest BCUT2D eigenvalue weighted by Gasteiger charge is 2.24. The van der Waals surface area contributed by atoms with Crippen molar-refractivity contribution >= 4 is 0 Å². The van der Waals surface area contributed by atoms with Crippen molar-refractivity contribution < 1.29 is 51.1 Å². The first-order valence-corrected chi connectivity index (χ1v) is 7.92. The zero-order valence-electron chi connectivity index (χ0n) is 17.3. The van der Waals surface area contributed by atoms with Crippen LogP contribution in [0.15, 0.2) is 0 Å². The van der Waals surface area contributed by atoms with E-state index in [0.29, 0.717) is 38.5 Å². The monoisotopic (exact) mass is 398 g/mol. The number of hydrogen-bond donors (Lipinski definition) is 10. The molecule has 0 bridgehead atoms. The van der Waals surface area contributed by atoms with E-state index in [2.05, 4.69) is 0 Å². The van der Waals surface area contributed by atoms with Gasteiger partial charge in [-0.05, 0) is 38.5 Å². The van der Waals surface area contributed by atoms with Crippen molar-refractivity contribution in [1.29, 1.82) is 0 Å². The van der Waals surface area contributed by atoms with Gasteiger partial charge in [0.15, 0.2) is 0 Å². The SMILES string of the molecule is CO.CO.CO.CO.CO.CO.OCCCC(O)(CCCO)CCCO. The molecule has 0 atom stereocenters. The first-order valence-electron chi connectivity index (χ1n) is 7.92. The van der Waals surface area contributed by atoms with Crippen molar-refractivity contribution in [3.05, 3.63) is 0 Å². The van der Waals surface area contributed by atoms with Crippen LogP contribution in [-0.4, -0.2) is 119 Å². The van der Waals surface area contributed by atoms with E-state index in [1.807, 2.05) is 0 Å². The maximum absolute atomic E-state index is 10.1. The molecule has 10 nitrogen and oxygen atoms in total. The van der Waals surface area contributed by atoms with Crippen molar-refractivity contribution in [2.75, 3.05) is 62.5 Å². The molecular formula is C16H46O10. The van der Waals surface area contributed by atoms with Gasteiger partial charge in [-0.15, -0.1) is 0 Å². The summed E-state index contributed by atoms with van der Waals surface area (Å²) in [6, 6.07) is 0. The van der Waals surface area contributed by atoms with Gasteiger partial charge in [0.25, 0.3) is 0 Å². The van der Waals surface area contributed by atoms with E-state index in [-0.39, 0.29) is 19.8 Å². The molecule has 0 amide bonds. The molecule has 0 spiro atoms. The third-order valence-electron chi connectivity index (χ3n) is 2.40. The highest BCUT2D eigenvalue weighted by atomic mass is 16.3. The summed E-state index contributed by atoms with van der Waals surface area (Å²) in [4.78, 5) is 0. The van der Waals surface area contributed by atoms with Crippen molar-refractivity contribution in [2.24, 2.45) is 0 Å². The van der Waals surface area contributed by atoms with E-state index in [1.54, 1.807) is 0 Å². The molecule has 0 aliphatic heterocycles. The van der Waals surface area contributed by atoms with Crippen molar-refractivity contribution in [1.82, 2.24) is 0 Å². The molecule has 0 radical (unpaired) electrons. The Hall–Kier alpha value is -0.400. The van der Waals surface area contributed by atoms with Gasteiger partial charge < -0.3 is 51.1 Å². The molecule has 170 valence electrons. The highest BCUT2D eigenvalue weighted by Crippen LogP contribution is 2.24. The fourth-order valence-electron chi connectivity index (χ4n) is 1.60. The second kappa shape index (κ2) is 64.3. The third kappa shape index (κ3) is 56.5. The lowest BCUT2D eigenvalue weighted by Gasteiger charge is -2.27. The average Bonchev–Trinajstić information content (AvgIpc) is 2.78. The predicted octanol–water partition coefficient (Wildman–Crippen LogP) is -2.31. The van der Waals surface area contributed by atoms with Crippen molar-refractivity contribution in [2.45, 2.75) is 44.1 Å². The summed E-state index contributed by atoms with van der Waals surface area (Å²) in [5.41, 5.74) is -0.825. The standard InChI is InChI=1S/C10H22O4.6CH4O/c11-7-1-4-10(14,5-2-8-12)6-3-9-13;6*1-2/h11-14H,1-9H2;6*2H,1H3. The van der Waals surface area contributed by atoms with Gasteiger partial charge in [-0.3, -0.25) is 0 Å². The molecule has 0 saturated heterocycles. The summed E-state index contributed by atoms with van der Waals surface area (Å²) < 4.78 is 0. The second-order valence-electron chi connectivity index (χ2n) is 3.71. The topological polar surface area (TPSA) is 202 Å². The average molecular weight is 399 g/mol. The normalized spacial score (nSPS) is 7.85. The second-order valence-corrected chi connectivity index (χ2v) is 3.71. The fourth-order valence-corrected chi connectivity index (χ4v) is 1.60. The Balaban J connectivity index is -0.0000000507. The molecule has 0 aromatic rings. The molecule has 10 N–H and O–H groups in total. The van der Waals surface area contributed by atoms with Crippen LogP contribution < -0.4 is 0 Å². The van der Waals surface area contributed by atoms with Gasteiger partial charge in [-0.25, -0.2) is 0 Å². The minimum atomic E-state index is -0.825. The number of aliphatic hydroxyl groups excluding tert-OH is 9. The van der Waals surface area contributed by atoms with Crippen LogP contribution in [0.1, 0.15) is 38.5 Å². The van der Waals surface area contributed by atoms with E-state index in [1.165, 1.54) is 0 Å². The lowest BCUT2D eigenvalue weighted by Crippen LogP contribution is -2.29. The number of hydrogen-bond acceptors (Lipinski definition) is 10. The predicted molar refractivity (Wildman–Crippen MR) is 103 cm³/mol. The van der Waals surface area contributed by atoms with Crippen LogP contribution in [0.3, 0.4) is 0 Å². The number of aliphatic hydroxyl groups is 10. The molecule has 10 heteroatoms. The molecule has 0 rings (SSSR count). The largest absolute Gasteiger partial charge is 0.400 e. The minimum Gasteiger partial charge on any atom is -0.400 e. The zero-order valence-corrected chi connectivity index (χ0v) is 17.3. The summed E-state index contributed by atoms with van der Waals surface area (Å²) in [6.07, 6.45) is 3.28. The molecule has 0 unspecified atom stereocenters. The lowest BCUT2D eigenvalue weighted by atomic mass is 9.88. The van der Waals surface area contributed by atoms with Crippen LogP contribution in [-0.2, 0) is 0 Å². The van der Waals surface area contributed by atoms with Crippen molar-refractivity contribution in [3.63, 3.8) is 0 Å². The Morgan fingerprint density at radius 3 is 0.692 bits per heavy atom. The maximum Gasteiger partial charge on any atom is 0.0650 e. The van der Waals surface area contributed by atoms with E-state index in [0.717, 1.165) is 42.7 Å². The highest BCUT2D eigenvalue weighted by molar-refractivity contribution is 4.78. The zero-order chi connectivity index (χ0) is 22.9. The minimum absolute atomic E-state index is 0.0700. The van der Waals surface area contributed by atoms with Gasteiger partial charge in [0.1, 0.15) is 0 Å². The fraction of sp³-hybridized carbons (Fsp3) is 1.00. The van der Waals surface area contributed by atoms with Gasteiger partial charge in [0.05, 0.1) is 5.60 Å². The van der Waals surface area contributed by atoms with Crippen LogP contribution in [0.4, 0.5) is 0 Å². The van der Waals surface area contributed by atoms with Crippen LogP contribution in [0.2, 0.25) is 0 Å². The summed E-state index contributed by atoms with van der Waals surface area (Å²) in [5, 5.41) is 78.1. The molecule has 0 aromatic heterocycles. The number of rotatable bonds is 9. The third-order valence-corrected chi connectivity index (χ3v) is 2.40. The van der Waals surface area contributed by atoms with Crippen LogP contribution >= 0.6 is 0 Å². The van der Waals surface area contributed by atoms with Gasteiger partial charge in [0.2, 0.25) is 0 Å². The van der Waals surface area contributed by atoms with Crippen molar-refractivity contribution in [3.8, 4) is 0 Å². The molecule has 26 heavy (non-hydrogen) atoms. The van der Waals surface area contributed by atoms with Gasteiger partial charge in [-0.2, -0.15) is 0 Å². The Morgan fingerprint density at radius 1 is 0.423 bits per heavy atom. The first kappa shape index (κ1) is 44.8. The van der Waals surface area contributed by atoms with E-state index < -0.39 is 5.60 Å². The van der Waals surface area contributed by atoms with Crippen LogP contribution in [0.25, 0.3) is 0 Å². The summed E-state index contributed by atoms with van der Waals surface area (Å²) in [6.45, 7) is 0.210. The Labute approximate surface area is 158 Å². The molecular weight excluding hydrogens is 352 g/mol. The summed E-state index contributed by atoms with van der Waals surface area (Å²) in [7, 11) is 6.00. The van der Waals surface area contributed by atoms with Crippen LogP contribution in [0.5, 0.6) is 0 Å². The molecule has 0 aliphatic rings. The molecule has 0 aliphatic carbocycles. The van der Waals surface area contributed by atoms with Crippen LogP contribution in [0, 0.1) is 0 Å². The Morgan fingerprint density at radius 2 is 0.577 bits per heavy atom. The molecule has 0 aromatic carbocycles. The smallest absolute Gasteiger partial charge is 0.0650 e. The lowest BCUT2D eigenvalue weighted by molar-refractivity contribution is -0.00191. The van der Waals surface area contributed by atoms with E-state index in [4.69, 9.17) is 46.0 Å². The Kier molecular flexibility index (Phi) is 111. The van der Waals surface area contributed by atoms with E-state index >= 15 is 0 Å².